The van der Waals surface area contributed by atoms with Crippen LogP contribution < -0.4 is 0 Å². The second kappa shape index (κ2) is 7.53. The highest BCUT2D eigenvalue weighted by Gasteiger charge is 2.28. The molecule has 0 heterocycles. The van der Waals surface area contributed by atoms with E-state index < -0.39 is 5.41 Å². The van der Waals surface area contributed by atoms with Crippen LogP contribution in [-0.4, -0.2) is 17.4 Å². The lowest BCUT2D eigenvalue weighted by Gasteiger charge is -2.24. The second-order valence-electron chi connectivity index (χ2n) is 5.65. The van der Waals surface area contributed by atoms with Crippen molar-refractivity contribution in [3.05, 3.63) is 35.4 Å². The standard InChI is InChI=1S/C17H24O2S/c1-5-7-13-8-10-14(11-9-13)15(18)12-17(3,4)16(20)19-6-2/h8-11H,5-7,12H2,1-4H3. The number of carbonyl (C=O) groups excluding carboxylic acids is 1. The molecule has 0 radical (unpaired) electrons. The molecule has 110 valence electrons. The van der Waals surface area contributed by atoms with E-state index in [9.17, 15) is 4.79 Å². The first-order valence-electron chi connectivity index (χ1n) is 7.20. The topological polar surface area (TPSA) is 26.3 Å². The Balaban J connectivity index is 2.72. The molecule has 0 bridgehead atoms. The number of benzene rings is 1. The van der Waals surface area contributed by atoms with Crippen molar-refractivity contribution in [2.24, 2.45) is 5.41 Å². The number of aryl methyl sites for hydroxylation is 1. The van der Waals surface area contributed by atoms with Crippen LogP contribution in [0.3, 0.4) is 0 Å². The van der Waals surface area contributed by atoms with Crippen LogP contribution in [0, 0.1) is 5.41 Å². The summed E-state index contributed by atoms with van der Waals surface area (Å²) in [4.78, 5) is 12.3. The maximum atomic E-state index is 12.3. The monoisotopic (exact) mass is 292 g/mol. The summed E-state index contributed by atoms with van der Waals surface area (Å²) < 4.78 is 5.37. The molecule has 3 heteroatoms. The van der Waals surface area contributed by atoms with Gasteiger partial charge in [0.05, 0.1) is 6.61 Å². The van der Waals surface area contributed by atoms with Crippen molar-refractivity contribution in [1.29, 1.82) is 0 Å². The van der Waals surface area contributed by atoms with Gasteiger partial charge in [0.1, 0.15) is 0 Å². The molecule has 2 nitrogen and oxygen atoms in total. The van der Waals surface area contributed by atoms with Crippen LogP contribution >= 0.6 is 12.2 Å². The van der Waals surface area contributed by atoms with Crippen LogP contribution in [0.5, 0.6) is 0 Å². The Bertz CT molecular complexity index is 460. The number of thiocarbonyl (C=S) groups is 1. The lowest BCUT2D eigenvalue weighted by molar-refractivity contribution is 0.0947. The minimum absolute atomic E-state index is 0.111. The SMILES string of the molecule is CCCc1ccc(C(=O)CC(C)(C)C(=S)OCC)cc1. The molecular formula is C17H24O2S. The molecule has 0 aliphatic carbocycles. The third-order valence-electron chi connectivity index (χ3n) is 3.25. The average molecular weight is 292 g/mol. The van der Waals surface area contributed by atoms with Crippen LogP contribution in [-0.2, 0) is 11.2 Å². The van der Waals surface area contributed by atoms with Gasteiger partial charge in [0.2, 0.25) is 0 Å². The molecule has 0 N–H and O–H groups in total. The Hall–Kier alpha value is -1.22. The molecule has 0 amide bonds. The van der Waals surface area contributed by atoms with Crippen LogP contribution in [0.25, 0.3) is 0 Å². The predicted octanol–water partition coefficient (Wildman–Crippen LogP) is 4.60. The van der Waals surface area contributed by atoms with Crippen LogP contribution in [0.15, 0.2) is 24.3 Å². The van der Waals surface area contributed by atoms with Crippen LogP contribution in [0.2, 0.25) is 0 Å². The average Bonchev–Trinajstić information content (AvgIpc) is 2.39. The highest BCUT2D eigenvalue weighted by atomic mass is 32.1. The number of hydrogen-bond donors (Lipinski definition) is 0. The number of ketones is 1. The van der Waals surface area contributed by atoms with Gasteiger partial charge in [-0.3, -0.25) is 4.79 Å². The van der Waals surface area contributed by atoms with Gasteiger partial charge in [-0.15, -0.1) is 0 Å². The van der Waals surface area contributed by atoms with Gasteiger partial charge in [0, 0.05) is 17.4 Å². The van der Waals surface area contributed by atoms with Crippen molar-refractivity contribution in [1.82, 2.24) is 0 Å². The summed E-state index contributed by atoms with van der Waals surface area (Å²) >= 11 is 5.24. The van der Waals surface area contributed by atoms with E-state index in [1.807, 2.05) is 45.0 Å². The summed E-state index contributed by atoms with van der Waals surface area (Å²) in [6.45, 7) is 8.50. The van der Waals surface area contributed by atoms with Gasteiger partial charge in [-0.1, -0.05) is 51.5 Å². The van der Waals surface area contributed by atoms with Gasteiger partial charge in [-0.05, 0) is 31.1 Å². The number of carbonyl (C=O) groups is 1. The zero-order chi connectivity index (χ0) is 15.2. The fraction of sp³-hybridized carbons (Fsp3) is 0.529. The summed E-state index contributed by atoms with van der Waals surface area (Å²) in [5.41, 5.74) is 1.61. The zero-order valence-corrected chi connectivity index (χ0v) is 13.7. The van der Waals surface area contributed by atoms with Crippen molar-refractivity contribution in [3.8, 4) is 0 Å². The molecule has 0 aliphatic rings. The number of hydrogen-bond acceptors (Lipinski definition) is 3. The molecule has 0 saturated carbocycles. The number of Topliss-reactive ketones (excluding diaryl/α,β-unsaturated/α-hetero) is 1. The molecule has 0 atom stereocenters. The molecule has 0 unspecified atom stereocenters. The molecule has 1 aromatic rings. The maximum absolute atomic E-state index is 12.3. The maximum Gasteiger partial charge on any atom is 0.165 e. The summed E-state index contributed by atoms with van der Waals surface area (Å²) in [7, 11) is 0. The van der Waals surface area contributed by atoms with Gasteiger partial charge >= 0.3 is 0 Å². The van der Waals surface area contributed by atoms with E-state index in [1.54, 1.807) is 0 Å². The fourth-order valence-corrected chi connectivity index (χ4v) is 2.24. The molecule has 20 heavy (non-hydrogen) atoms. The van der Waals surface area contributed by atoms with E-state index in [0.717, 1.165) is 18.4 Å². The van der Waals surface area contributed by atoms with Crippen LogP contribution in [0.1, 0.15) is 56.5 Å². The zero-order valence-electron chi connectivity index (χ0n) is 12.9. The van der Waals surface area contributed by atoms with E-state index in [4.69, 9.17) is 17.0 Å². The lowest BCUT2D eigenvalue weighted by atomic mass is 9.86. The van der Waals surface area contributed by atoms with Crippen molar-refractivity contribution < 1.29 is 9.53 Å². The highest BCUT2D eigenvalue weighted by Crippen LogP contribution is 2.26. The lowest BCUT2D eigenvalue weighted by Crippen LogP contribution is -2.28. The second-order valence-corrected chi connectivity index (χ2v) is 6.02. The first-order chi connectivity index (χ1) is 9.40. The fourth-order valence-electron chi connectivity index (χ4n) is 2.05. The van der Waals surface area contributed by atoms with Gasteiger partial charge in [-0.25, -0.2) is 0 Å². The smallest absolute Gasteiger partial charge is 0.165 e. The Morgan fingerprint density at radius 1 is 1.20 bits per heavy atom. The largest absolute Gasteiger partial charge is 0.487 e. The van der Waals surface area contributed by atoms with E-state index in [0.29, 0.717) is 18.1 Å². The molecule has 0 saturated heterocycles. The predicted molar refractivity (Wildman–Crippen MR) is 87.4 cm³/mol. The first kappa shape index (κ1) is 16.8. The van der Waals surface area contributed by atoms with Crippen molar-refractivity contribution in [2.75, 3.05) is 6.61 Å². The first-order valence-corrected chi connectivity index (χ1v) is 7.61. The van der Waals surface area contributed by atoms with Crippen molar-refractivity contribution in [3.63, 3.8) is 0 Å². The third-order valence-corrected chi connectivity index (χ3v) is 3.92. The highest BCUT2D eigenvalue weighted by molar-refractivity contribution is 7.80. The molecular weight excluding hydrogens is 268 g/mol. The minimum Gasteiger partial charge on any atom is -0.487 e. The summed E-state index contributed by atoms with van der Waals surface area (Å²) in [6.07, 6.45) is 2.54. The van der Waals surface area contributed by atoms with Gasteiger partial charge in [0.25, 0.3) is 0 Å². The Labute approximate surface area is 127 Å². The molecule has 1 rings (SSSR count). The van der Waals surface area contributed by atoms with Crippen molar-refractivity contribution in [2.45, 2.75) is 47.0 Å². The van der Waals surface area contributed by atoms with Gasteiger partial charge < -0.3 is 4.74 Å². The normalized spacial score (nSPS) is 11.2. The van der Waals surface area contributed by atoms with Crippen LogP contribution in [0.4, 0.5) is 0 Å². The van der Waals surface area contributed by atoms with E-state index in [-0.39, 0.29) is 5.78 Å². The molecule has 1 aromatic carbocycles. The Kier molecular flexibility index (Phi) is 6.34. The molecule has 0 aliphatic heterocycles. The summed E-state index contributed by atoms with van der Waals surface area (Å²) in [5, 5.41) is 0.510. The minimum atomic E-state index is -0.412. The van der Waals surface area contributed by atoms with E-state index in [1.165, 1.54) is 5.56 Å². The number of rotatable bonds is 7. The Morgan fingerprint density at radius 3 is 2.30 bits per heavy atom. The van der Waals surface area contributed by atoms with Gasteiger partial charge in [-0.2, -0.15) is 0 Å². The molecule has 0 aromatic heterocycles. The number of ether oxygens (including phenoxy) is 1. The molecule has 0 fully saturated rings. The van der Waals surface area contributed by atoms with Crippen molar-refractivity contribution >= 4 is 23.1 Å². The van der Waals surface area contributed by atoms with E-state index in [2.05, 4.69) is 6.92 Å². The molecule has 0 spiro atoms. The third kappa shape index (κ3) is 4.71. The summed E-state index contributed by atoms with van der Waals surface area (Å²) in [5.74, 6) is 0.111. The van der Waals surface area contributed by atoms with E-state index >= 15 is 0 Å². The summed E-state index contributed by atoms with van der Waals surface area (Å²) in [6, 6.07) is 7.88. The quantitative estimate of drug-likeness (QED) is 0.542. The Morgan fingerprint density at radius 2 is 1.80 bits per heavy atom. The van der Waals surface area contributed by atoms with Gasteiger partial charge in [0.15, 0.2) is 10.8 Å².